The smallest absolute Gasteiger partial charge is 0.422 e. The van der Waals surface area contributed by atoms with Crippen molar-refractivity contribution in [1.82, 2.24) is 14.9 Å². The zero-order valence-corrected chi connectivity index (χ0v) is 21.9. The van der Waals surface area contributed by atoms with Crippen molar-refractivity contribution in [2.45, 2.75) is 18.4 Å². The van der Waals surface area contributed by atoms with Gasteiger partial charge in [0.05, 0.1) is 41.6 Å². The van der Waals surface area contributed by atoms with Crippen LogP contribution in [0.15, 0.2) is 48.6 Å². The van der Waals surface area contributed by atoms with Gasteiger partial charge in [-0.05, 0) is 30.3 Å². The summed E-state index contributed by atoms with van der Waals surface area (Å²) in [7, 11) is 0. The molecule has 2 atom stereocenters. The molecule has 3 heterocycles. The summed E-state index contributed by atoms with van der Waals surface area (Å²) in [6.45, 7) is 0.399. The number of carbonyl (C=O) groups is 1. The molecule has 2 aliphatic rings. The highest BCUT2D eigenvalue weighted by Gasteiger charge is 2.36. The van der Waals surface area contributed by atoms with Crippen LogP contribution in [0.4, 0.5) is 39.1 Å². The van der Waals surface area contributed by atoms with Crippen LogP contribution in [0.5, 0.6) is 5.75 Å². The fourth-order valence-electron chi connectivity index (χ4n) is 4.44. The quantitative estimate of drug-likeness (QED) is 0.276. The predicted octanol–water partition coefficient (Wildman–Crippen LogP) is 5.00. The van der Waals surface area contributed by atoms with Crippen LogP contribution >= 0.6 is 11.6 Å². The summed E-state index contributed by atoms with van der Waals surface area (Å²) >= 11 is 5.84. The van der Waals surface area contributed by atoms with Gasteiger partial charge in [-0.15, -0.1) is 0 Å². The molecule has 0 aliphatic carbocycles. The van der Waals surface area contributed by atoms with E-state index in [0.29, 0.717) is 32.0 Å². The van der Waals surface area contributed by atoms with Gasteiger partial charge in [0.25, 0.3) is 5.91 Å². The highest BCUT2D eigenvalue weighted by molar-refractivity contribution is 6.31. The Morgan fingerprint density at radius 3 is 2.56 bits per heavy atom. The number of amides is 1. The van der Waals surface area contributed by atoms with E-state index in [4.69, 9.17) is 25.8 Å². The number of alkyl halides is 3. The molecule has 2 aromatic carbocycles. The molecule has 3 aromatic rings. The number of nitrogens with one attached hydrogen (secondary N) is 2. The molecule has 1 amide bonds. The second-order valence-electron chi connectivity index (χ2n) is 9.29. The number of aromatic nitrogens is 2. The number of halogens is 6. The van der Waals surface area contributed by atoms with E-state index in [0.717, 1.165) is 24.5 Å². The van der Waals surface area contributed by atoms with Gasteiger partial charge in [0, 0.05) is 36.8 Å². The number of rotatable bonds is 8. The Morgan fingerprint density at radius 1 is 1.15 bits per heavy atom. The third-order valence-electron chi connectivity index (χ3n) is 6.34. The first-order valence-electron chi connectivity index (χ1n) is 12.4. The molecule has 41 heavy (non-hydrogen) atoms. The molecule has 0 unspecified atom stereocenters. The van der Waals surface area contributed by atoms with Crippen LogP contribution in [-0.2, 0) is 14.3 Å². The van der Waals surface area contributed by atoms with Gasteiger partial charge >= 0.3 is 6.18 Å². The Kier molecular flexibility index (Phi) is 8.54. The standard InChI is InChI=1S/C26H23ClF5N5O4/c27-16-7-14(1-2-17(16)28)35-24-15-8-20(21(41-12-26(30,31)32)9-19(15)33-13-34-24)36-25(38)18(29)3-4-37-10-22-23(11-37)40-6-5-39-22/h1-3,7-9,13,22-23H,4-6,10-12H2,(H,36,38)(H,33,34,35)/b18-3+/t22-,23+. The van der Waals surface area contributed by atoms with Gasteiger partial charge in [-0.25, -0.2) is 18.7 Å². The van der Waals surface area contributed by atoms with E-state index in [-0.39, 0.29) is 51.9 Å². The largest absolute Gasteiger partial charge is 0.482 e. The van der Waals surface area contributed by atoms with E-state index in [1.54, 1.807) is 0 Å². The lowest BCUT2D eigenvalue weighted by Gasteiger charge is -2.24. The Bertz CT molecular complexity index is 1460. The molecular formula is C26H23ClF5N5O4. The number of anilines is 3. The molecule has 15 heteroatoms. The first-order valence-corrected chi connectivity index (χ1v) is 12.8. The van der Waals surface area contributed by atoms with Gasteiger partial charge in [-0.3, -0.25) is 9.69 Å². The van der Waals surface area contributed by atoms with Gasteiger partial charge < -0.3 is 24.8 Å². The minimum absolute atomic E-state index is 0.0935. The number of ether oxygens (including phenoxy) is 3. The second kappa shape index (κ2) is 12.1. The Morgan fingerprint density at radius 2 is 1.88 bits per heavy atom. The fourth-order valence-corrected chi connectivity index (χ4v) is 4.62. The van der Waals surface area contributed by atoms with E-state index >= 15 is 0 Å². The van der Waals surface area contributed by atoms with Gasteiger partial charge in [0.1, 0.15) is 23.7 Å². The molecule has 0 bridgehead atoms. The lowest BCUT2D eigenvalue weighted by Crippen LogP contribution is -2.36. The van der Waals surface area contributed by atoms with Crippen molar-refractivity contribution in [3.63, 3.8) is 0 Å². The molecule has 5 rings (SSSR count). The molecule has 9 nitrogen and oxygen atoms in total. The van der Waals surface area contributed by atoms with Crippen molar-refractivity contribution < 1.29 is 41.0 Å². The normalized spacial score (nSPS) is 19.7. The van der Waals surface area contributed by atoms with E-state index in [9.17, 15) is 26.7 Å². The van der Waals surface area contributed by atoms with Crippen molar-refractivity contribution in [3.05, 3.63) is 59.4 Å². The Hall–Kier alpha value is -3.59. The molecule has 2 fully saturated rings. The topological polar surface area (TPSA) is 97.8 Å². The number of carbonyl (C=O) groups excluding carboxylic acids is 1. The van der Waals surface area contributed by atoms with Crippen LogP contribution in [0.3, 0.4) is 0 Å². The van der Waals surface area contributed by atoms with Crippen LogP contribution in [0, 0.1) is 5.82 Å². The van der Waals surface area contributed by atoms with Crippen LogP contribution in [-0.4, -0.2) is 78.6 Å². The van der Waals surface area contributed by atoms with Crippen LogP contribution in [0.25, 0.3) is 10.9 Å². The summed E-state index contributed by atoms with van der Waals surface area (Å²) in [4.78, 5) is 22.7. The van der Waals surface area contributed by atoms with E-state index < -0.39 is 30.3 Å². The van der Waals surface area contributed by atoms with Gasteiger partial charge in [0.15, 0.2) is 12.4 Å². The van der Waals surface area contributed by atoms with Crippen molar-refractivity contribution in [2.75, 3.05) is 50.1 Å². The molecule has 2 saturated heterocycles. The molecular weight excluding hydrogens is 577 g/mol. The summed E-state index contributed by atoms with van der Waals surface area (Å²) in [6.07, 6.45) is -2.72. The molecule has 2 aliphatic heterocycles. The highest BCUT2D eigenvalue weighted by Crippen LogP contribution is 2.35. The first kappa shape index (κ1) is 28.9. The number of fused-ring (bicyclic) bond motifs is 2. The predicted molar refractivity (Wildman–Crippen MR) is 140 cm³/mol. The van der Waals surface area contributed by atoms with E-state index in [1.165, 1.54) is 18.2 Å². The fraction of sp³-hybridized carbons (Fsp3) is 0.346. The summed E-state index contributed by atoms with van der Waals surface area (Å²) in [5, 5.41) is 5.28. The molecule has 2 N–H and O–H groups in total. The van der Waals surface area contributed by atoms with Crippen molar-refractivity contribution in [3.8, 4) is 5.75 Å². The molecule has 0 saturated carbocycles. The maximum Gasteiger partial charge on any atom is 0.422 e. The average Bonchev–Trinajstić information content (AvgIpc) is 3.35. The van der Waals surface area contributed by atoms with Crippen molar-refractivity contribution >= 4 is 45.6 Å². The minimum Gasteiger partial charge on any atom is -0.482 e. The van der Waals surface area contributed by atoms with Crippen LogP contribution in [0.1, 0.15) is 0 Å². The minimum atomic E-state index is -4.68. The maximum atomic E-state index is 14.8. The molecule has 0 radical (unpaired) electrons. The number of likely N-dealkylation sites (tertiary alicyclic amines) is 1. The van der Waals surface area contributed by atoms with Gasteiger partial charge in [-0.2, -0.15) is 13.2 Å². The van der Waals surface area contributed by atoms with Crippen molar-refractivity contribution in [1.29, 1.82) is 0 Å². The highest BCUT2D eigenvalue weighted by atomic mass is 35.5. The molecule has 218 valence electrons. The summed E-state index contributed by atoms with van der Waals surface area (Å²) in [5.74, 6) is -3.20. The number of hydrogen-bond acceptors (Lipinski definition) is 8. The summed E-state index contributed by atoms with van der Waals surface area (Å²) < 4.78 is 83.3. The summed E-state index contributed by atoms with van der Waals surface area (Å²) in [5.41, 5.74) is 0.257. The van der Waals surface area contributed by atoms with Crippen LogP contribution < -0.4 is 15.4 Å². The van der Waals surface area contributed by atoms with Gasteiger partial charge in [0.2, 0.25) is 0 Å². The monoisotopic (exact) mass is 599 g/mol. The van der Waals surface area contributed by atoms with Gasteiger partial charge in [-0.1, -0.05) is 11.6 Å². The molecule has 1 aromatic heterocycles. The second-order valence-corrected chi connectivity index (χ2v) is 9.70. The lowest BCUT2D eigenvalue weighted by atomic mass is 10.1. The first-order chi connectivity index (χ1) is 19.6. The molecule has 0 spiro atoms. The zero-order chi connectivity index (χ0) is 29.1. The summed E-state index contributed by atoms with van der Waals surface area (Å²) in [6, 6.07) is 6.25. The average molecular weight is 600 g/mol. The lowest BCUT2D eigenvalue weighted by molar-refractivity contribution is -0.153. The van der Waals surface area contributed by atoms with Crippen molar-refractivity contribution in [2.24, 2.45) is 0 Å². The zero-order valence-electron chi connectivity index (χ0n) is 21.2. The third kappa shape index (κ3) is 7.19. The number of nitrogens with zero attached hydrogens (tertiary/aromatic N) is 3. The van der Waals surface area contributed by atoms with E-state index in [2.05, 4.69) is 20.6 Å². The third-order valence-corrected chi connectivity index (χ3v) is 6.63. The Balaban J connectivity index is 1.38. The van der Waals surface area contributed by atoms with Crippen LogP contribution in [0.2, 0.25) is 5.02 Å². The SMILES string of the molecule is O=C(Nc1cc2c(Nc3ccc(F)c(Cl)c3)ncnc2cc1OCC(F)(F)F)/C(F)=C\CN1C[C@@H]2OCCO[C@@H]2C1. The number of hydrogen-bond donors (Lipinski definition) is 2. The Labute approximate surface area is 235 Å². The van der Waals surface area contributed by atoms with E-state index in [1.807, 2.05) is 4.90 Å². The number of benzene rings is 2. The maximum absolute atomic E-state index is 14.8.